The molecule has 6 heteroatoms. The molecule has 3 N–H and O–H groups in total. The van der Waals surface area contributed by atoms with Crippen LogP contribution in [-0.2, 0) is 13.3 Å². The Kier molecular flexibility index (Phi) is 11.8. The van der Waals surface area contributed by atoms with Crippen LogP contribution in [0.2, 0.25) is 6.04 Å². The van der Waals surface area contributed by atoms with E-state index in [1.807, 2.05) is 27.7 Å². The number of hydrogen-bond acceptors (Lipinski definition) is 5. The fraction of sp³-hybridized carbons (Fsp3) is 1.00. The van der Waals surface area contributed by atoms with Crippen LogP contribution in [0.5, 0.6) is 0 Å². The van der Waals surface area contributed by atoms with E-state index in [4.69, 9.17) is 19.0 Å². The van der Waals surface area contributed by atoms with Crippen LogP contribution >= 0.6 is 0 Å². The highest BCUT2D eigenvalue weighted by atomic mass is 28.4. The molecule has 0 aliphatic carbocycles. The number of hydrogen-bond donors (Lipinski definition) is 2. The summed E-state index contributed by atoms with van der Waals surface area (Å²) < 4.78 is 17.4. The Morgan fingerprint density at radius 2 is 1.53 bits per heavy atom. The minimum Gasteiger partial charge on any atom is -0.374 e. The molecule has 1 unspecified atom stereocenters. The average Bonchev–Trinajstić information content (AvgIpc) is 2.34. The van der Waals surface area contributed by atoms with Crippen molar-refractivity contribution in [1.29, 1.82) is 0 Å². The van der Waals surface area contributed by atoms with E-state index in [-0.39, 0.29) is 6.04 Å². The molecule has 0 saturated heterocycles. The van der Waals surface area contributed by atoms with Crippen LogP contribution in [0, 0.1) is 0 Å². The lowest BCUT2D eigenvalue weighted by Crippen LogP contribution is -2.46. The van der Waals surface area contributed by atoms with Crippen molar-refractivity contribution in [3.63, 3.8) is 0 Å². The van der Waals surface area contributed by atoms with E-state index in [2.05, 4.69) is 5.32 Å². The first-order valence-electron chi connectivity index (χ1n) is 7.48. The van der Waals surface area contributed by atoms with Gasteiger partial charge >= 0.3 is 8.80 Å². The van der Waals surface area contributed by atoms with Crippen LogP contribution in [0.15, 0.2) is 0 Å². The predicted octanol–water partition coefficient (Wildman–Crippen LogP) is 1.75. The molecule has 0 aromatic heterocycles. The van der Waals surface area contributed by atoms with E-state index in [1.54, 1.807) is 0 Å². The van der Waals surface area contributed by atoms with Gasteiger partial charge in [-0.1, -0.05) is 0 Å². The maximum Gasteiger partial charge on any atom is 0.500 e. The molecule has 0 fully saturated rings. The van der Waals surface area contributed by atoms with Crippen molar-refractivity contribution in [2.45, 2.75) is 52.6 Å². The summed E-state index contributed by atoms with van der Waals surface area (Å²) in [5.74, 6) is 0. The lowest BCUT2D eigenvalue weighted by atomic mass is 10.2. The molecule has 0 amide bonds. The van der Waals surface area contributed by atoms with Gasteiger partial charge in [0.15, 0.2) is 0 Å². The molecule has 0 rings (SSSR count). The standard InChI is InChI=1S/C13H32N2O3Si/c1-5-16-19(17-6-2,18-7-3)12-8-10-15-11-9-13(4)14/h13,15H,5-12,14H2,1-4H3. The summed E-state index contributed by atoms with van der Waals surface area (Å²) in [5.41, 5.74) is 5.70. The van der Waals surface area contributed by atoms with Crippen LogP contribution in [0.4, 0.5) is 0 Å². The van der Waals surface area contributed by atoms with Crippen LogP contribution in [0.25, 0.3) is 0 Å². The summed E-state index contributed by atoms with van der Waals surface area (Å²) in [6.07, 6.45) is 2.01. The topological polar surface area (TPSA) is 65.7 Å². The lowest BCUT2D eigenvalue weighted by Gasteiger charge is -2.28. The molecule has 5 nitrogen and oxygen atoms in total. The number of nitrogens with one attached hydrogen (secondary N) is 1. The second kappa shape index (κ2) is 11.8. The van der Waals surface area contributed by atoms with Gasteiger partial charge < -0.3 is 24.3 Å². The zero-order chi connectivity index (χ0) is 14.6. The third-order valence-electron chi connectivity index (χ3n) is 2.71. The molecule has 0 radical (unpaired) electrons. The van der Waals surface area contributed by atoms with E-state index in [0.29, 0.717) is 19.8 Å². The van der Waals surface area contributed by atoms with Gasteiger partial charge in [-0.25, -0.2) is 0 Å². The quantitative estimate of drug-likeness (QED) is 0.400. The maximum absolute atomic E-state index is 5.80. The third-order valence-corrected chi connectivity index (χ3v) is 5.86. The molecule has 19 heavy (non-hydrogen) atoms. The summed E-state index contributed by atoms with van der Waals surface area (Å²) in [6.45, 7) is 11.8. The first-order chi connectivity index (χ1) is 9.10. The van der Waals surface area contributed by atoms with Crippen LogP contribution < -0.4 is 11.1 Å². The first-order valence-corrected chi connectivity index (χ1v) is 9.41. The summed E-state index contributed by atoms with van der Waals surface area (Å²) in [5, 5.41) is 3.39. The van der Waals surface area contributed by atoms with E-state index in [1.165, 1.54) is 0 Å². The Morgan fingerprint density at radius 3 is 1.95 bits per heavy atom. The minimum atomic E-state index is -2.44. The summed E-state index contributed by atoms with van der Waals surface area (Å²) in [7, 11) is -2.44. The zero-order valence-corrected chi connectivity index (χ0v) is 14.0. The van der Waals surface area contributed by atoms with Gasteiger partial charge in [0.1, 0.15) is 0 Å². The second-order valence-corrected chi connectivity index (χ2v) is 7.33. The smallest absolute Gasteiger partial charge is 0.374 e. The molecule has 0 aliphatic heterocycles. The second-order valence-electron chi connectivity index (χ2n) is 4.60. The fourth-order valence-corrected chi connectivity index (χ4v) is 4.50. The van der Waals surface area contributed by atoms with Crippen molar-refractivity contribution >= 4 is 8.80 Å². The molecule has 0 aromatic carbocycles. The Bertz CT molecular complexity index is 189. The van der Waals surface area contributed by atoms with Crippen LogP contribution in [0.1, 0.15) is 40.5 Å². The van der Waals surface area contributed by atoms with Gasteiger partial charge in [-0.2, -0.15) is 0 Å². The first kappa shape index (κ1) is 19.0. The van der Waals surface area contributed by atoms with Crippen molar-refractivity contribution in [3.05, 3.63) is 0 Å². The largest absolute Gasteiger partial charge is 0.500 e. The van der Waals surface area contributed by atoms with Gasteiger partial charge in [0, 0.05) is 31.9 Å². The Hall–Kier alpha value is 0.0169. The normalized spacial score (nSPS) is 13.7. The highest BCUT2D eigenvalue weighted by Gasteiger charge is 2.39. The van der Waals surface area contributed by atoms with Gasteiger partial charge in [-0.15, -0.1) is 0 Å². The molecular weight excluding hydrogens is 260 g/mol. The lowest BCUT2D eigenvalue weighted by molar-refractivity contribution is 0.0708. The van der Waals surface area contributed by atoms with Crippen molar-refractivity contribution in [1.82, 2.24) is 5.32 Å². The molecule has 0 bridgehead atoms. The monoisotopic (exact) mass is 292 g/mol. The van der Waals surface area contributed by atoms with Gasteiger partial charge in [-0.05, 0) is 53.6 Å². The molecule has 0 heterocycles. The van der Waals surface area contributed by atoms with Crippen molar-refractivity contribution in [3.8, 4) is 0 Å². The van der Waals surface area contributed by atoms with Gasteiger partial charge in [0.25, 0.3) is 0 Å². The molecule has 0 aromatic rings. The van der Waals surface area contributed by atoms with Crippen molar-refractivity contribution in [2.75, 3.05) is 32.9 Å². The molecular formula is C13H32N2O3Si. The molecule has 0 aliphatic rings. The molecule has 1 atom stereocenters. The summed E-state index contributed by atoms with van der Waals surface area (Å²) in [6, 6.07) is 1.13. The van der Waals surface area contributed by atoms with Gasteiger partial charge in [0.2, 0.25) is 0 Å². The number of nitrogens with two attached hydrogens (primary N) is 1. The number of rotatable bonds is 13. The highest BCUT2D eigenvalue weighted by molar-refractivity contribution is 6.60. The summed E-state index contributed by atoms with van der Waals surface area (Å²) >= 11 is 0. The van der Waals surface area contributed by atoms with E-state index >= 15 is 0 Å². The van der Waals surface area contributed by atoms with E-state index < -0.39 is 8.80 Å². The summed E-state index contributed by atoms with van der Waals surface area (Å²) in [4.78, 5) is 0. The Labute approximate surface area is 119 Å². The van der Waals surface area contributed by atoms with Crippen molar-refractivity contribution < 1.29 is 13.3 Å². The van der Waals surface area contributed by atoms with Crippen LogP contribution in [-0.4, -0.2) is 47.8 Å². The Balaban J connectivity index is 3.96. The third kappa shape index (κ3) is 9.54. The highest BCUT2D eigenvalue weighted by Crippen LogP contribution is 2.17. The molecule has 0 spiro atoms. The molecule has 116 valence electrons. The SMILES string of the molecule is CCO[Si](CCCNCCC(C)N)(OCC)OCC. The van der Waals surface area contributed by atoms with Crippen molar-refractivity contribution in [2.24, 2.45) is 5.73 Å². The average molecular weight is 292 g/mol. The molecule has 0 saturated carbocycles. The maximum atomic E-state index is 5.80. The fourth-order valence-electron chi connectivity index (χ4n) is 1.89. The van der Waals surface area contributed by atoms with Crippen LogP contribution in [0.3, 0.4) is 0 Å². The zero-order valence-electron chi connectivity index (χ0n) is 13.0. The van der Waals surface area contributed by atoms with Gasteiger partial charge in [-0.3, -0.25) is 0 Å². The van der Waals surface area contributed by atoms with E-state index in [9.17, 15) is 0 Å². The predicted molar refractivity (Wildman–Crippen MR) is 81.2 cm³/mol. The van der Waals surface area contributed by atoms with E-state index in [0.717, 1.165) is 32.0 Å². The Morgan fingerprint density at radius 1 is 1.00 bits per heavy atom. The minimum absolute atomic E-state index is 0.260. The van der Waals surface area contributed by atoms with Gasteiger partial charge in [0.05, 0.1) is 0 Å².